The van der Waals surface area contributed by atoms with Gasteiger partial charge in [0.05, 0.1) is 16.5 Å². The number of anilines is 1. The van der Waals surface area contributed by atoms with Gasteiger partial charge in [-0.3, -0.25) is 15.0 Å². The van der Waals surface area contributed by atoms with Crippen molar-refractivity contribution >= 4 is 11.5 Å². The first kappa shape index (κ1) is 21.7. The Kier molecular flexibility index (Phi) is 5.78. The molecule has 12 heteroatoms. The fourth-order valence-electron chi connectivity index (χ4n) is 3.61. The van der Waals surface area contributed by atoms with E-state index in [0.29, 0.717) is 32.0 Å². The summed E-state index contributed by atoms with van der Waals surface area (Å²) >= 11 is 0. The molecule has 0 N–H and O–H groups in total. The van der Waals surface area contributed by atoms with Crippen LogP contribution in [0.25, 0.3) is 11.4 Å². The molecule has 3 heterocycles. The predicted octanol–water partition coefficient (Wildman–Crippen LogP) is 3.94. The van der Waals surface area contributed by atoms with Gasteiger partial charge in [0.1, 0.15) is 0 Å². The van der Waals surface area contributed by atoms with Gasteiger partial charge >= 0.3 is 11.9 Å². The molecule has 0 bridgehead atoms. The molecular weight excluding hydrogens is 429 g/mol. The van der Waals surface area contributed by atoms with Crippen molar-refractivity contribution in [3.05, 3.63) is 64.2 Å². The number of hydrogen-bond acceptors (Lipinski definition) is 8. The van der Waals surface area contributed by atoms with Crippen LogP contribution in [0.5, 0.6) is 0 Å². The zero-order valence-corrected chi connectivity index (χ0v) is 17.0. The smallest absolute Gasteiger partial charge is 0.348 e. The Morgan fingerprint density at radius 2 is 1.91 bits per heavy atom. The molecule has 32 heavy (non-hydrogen) atoms. The van der Waals surface area contributed by atoms with Gasteiger partial charge in [0.25, 0.3) is 0 Å². The van der Waals surface area contributed by atoms with Crippen molar-refractivity contribution in [2.24, 2.45) is 0 Å². The Morgan fingerprint density at radius 1 is 1.16 bits per heavy atom. The summed E-state index contributed by atoms with van der Waals surface area (Å²) in [4.78, 5) is 23.2. The Bertz CT molecular complexity index is 1110. The number of nitro groups is 1. The van der Waals surface area contributed by atoms with Crippen LogP contribution in [0.15, 0.2) is 47.1 Å². The van der Waals surface area contributed by atoms with Crippen LogP contribution in [0.4, 0.5) is 24.7 Å². The van der Waals surface area contributed by atoms with Crippen molar-refractivity contribution in [2.45, 2.75) is 19.1 Å². The lowest BCUT2D eigenvalue weighted by atomic mass is 10.1. The molecule has 1 saturated heterocycles. The Morgan fingerprint density at radius 3 is 2.59 bits per heavy atom. The molecule has 9 nitrogen and oxygen atoms in total. The van der Waals surface area contributed by atoms with E-state index in [9.17, 15) is 23.3 Å². The van der Waals surface area contributed by atoms with Crippen molar-refractivity contribution in [3.63, 3.8) is 0 Å². The van der Waals surface area contributed by atoms with Crippen LogP contribution in [0.1, 0.15) is 24.4 Å². The monoisotopic (exact) mass is 448 g/mol. The van der Waals surface area contributed by atoms with Gasteiger partial charge in [0, 0.05) is 44.0 Å². The van der Waals surface area contributed by atoms with Gasteiger partial charge in [-0.05, 0) is 25.1 Å². The molecule has 1 aromatic carbocycles. The second-order valence-electron chi connectivity index (χ2n) is 7.34. The van der Waals surface area contributed by atoms with Crippen molar-refractivity contribution < 1.29 is 22.6 Å². The largest absolute Gasteiger partial charge is 0.416 e. The molecule has 0 amide bonds. The van der Waals surface area contributed by atoms with E-state index in [0.717, 1.165) is 12.1 Å². The van der Waals surface area contributed by atoms with Gasteiger partial charge in [-0.25, -0.2) is 4.98 Å². The lowest BCUT2D eigenvalue weighted by Crippen LogP contribution is -2.47. The van der Waals surface area contributed by atoms with Gasteiger partial charge in [0.15, 0.2) is 0 Å². The van der Waals surface area contributed by atoms with Crippen LogP contribution >= 0.6 is 0 Å². The van der Waals surface area contributed by atoms with Crippen molar-refractivity contribution in [1.82, 2.24) is 20.0 Å². The minimum atomic E-state index is -4.46. The maximum absolute atomic E-state index is 13.0. The normalized spacial score (nSPS) is 16.2. The van der Waals surface area contributed by atoms with Crippen LogP contribution in [-0.2, 0) is 6.18 Å². The zero-order valence-electron chi connectivity index (χ0n) is 17.0. The molecule has 4 rings (SSSR count). The summed E-state index contributed by atoms with van der Waals surface area (Å²) < 4.78 is 44.2. The van der Waals surface area contributed by atoms with Crippen LogP contribution in [0.3, 0.4) is 0 Å². The second-order valence-corrected chi connectivity index (χ2v) is 7.34. The van der Waals surface area contributed by atoms with Crippen LogP contribution in [-0.4, -0.2) is 51.1 Å². The van der Waals surface area contributed by atoms with Gasteiger partial charge in [-0.2, -0.15) is 18.2 Å². The minimum Gasteiger partial charge on any atom is -0.348 e. The second kappa shape index (κ2) is 8.54. The van der Waals surface area contributed by atoms with Crippen LogP contribution < -0.4 is 4.90 Å². The maximum atomic E-state index is 13.0. The Hall–Kier alpha value is -3.54. The highest BCUT2D eigenvalue weighted by Crippen LogP contribution is 2.32. The number of halogens is 3. The number of rotatable bonds is 5. The number of pyridine rings is 1. The highest BCUT2D eigenvalue weighted by atomic mass is 19.4. The van der Waals surface area contributed by atoms with E-state index < -0.39 is 16.7 Å². The summed E-state index contributed by atoms with van der Waals surface area (Å²) in [5.41, 5.74) is -0.611. The van der Waals surface area contributed by atoms with E-state index in [2.05, 4.69) is 20.0 Å². The number of hydrogen-bond donors (Lipinski definition) is 0. The molecule has 0 aliphatic carbocycles. The van der Waals surface area contributed by atoms with Crippen LogP contribution in [0, 0.1) is 10.1 Å². The van der Waals surface area contributed by atoms with E-state index in [1.165, 1.54) is 30.5 Å². The van der Waals surface area contributed by atoms with Crippen LogP contribution in [0.2, 0.25) is 0 Å². The summed E-state index contributed by atoms with van der Waals surface area (Å²) in [5, 5.41) is 15.1. The first-order valence-electron chi connectivity index (χ1n) is 9.83. The molecular formula is C20H19F3N6O3. The molecule has 1 aliphatic rings. The SMILES string of the molecule is C[C@@H](c1nc(-c2cccc(C(F)(F)F)c2)no1)N1CCN(c2ncccc2[N+](=O)[O-])CC1. The van der Waals surface area contributed by atoms with Crippen molar-refractivity contribution in [3.8, 4) is 11.4 Å². The molecule has 0 spiro atoms. The van der Waals surface area contributed by atoms with Gasteiger partial charge in [0.2, 0.25) is 17.5 Å². The number of aromatic nitrogens is 3. The van der Waals surface area contributed by atoms with Gasteiger partial charge in [-0.1, -0.05) is 17.3 Å². The summed E-state index contributed by atoms with van der Waals surface area (Å²) in [6, 6.07) is 7.43. The molecule has 1 fully saturated rings. The molecule has 0 radical (unpaired) electrons. The summed E-state index contributed by atoms with van der Waals surface area (Å²) in [7, 11) is 0. The highest BCUT2D eigenvalue weighted by molar-refractivity contribution is 5.57. The van der Waals surface area contributed by atoms with Crippen molar-refractivity contribution in [1.29, 1.82) is 0 Å². The minimum absolute atomic E-state index is 0.0448. The molecule has 3 aromatic rings. The third kappa shape index (κ3) is 4.40. The van der Waals surface area contributed by atoms with Gasteiger partial charge < -0.3 is 9.42 Å². The van der Waals surface area contributed by atoms with E-state index >= 15 is 0 Å². The fourth-order valence-corrected chi connectivity index (χ4v) is 3.61. The first-order valence-corrected chi connectivity index (χ1v) is 9.83. The first-order chi connectivity index (χ1) is 15.2. The molecule has 1 atom stereocenters. The quantitative estimate of drug-likeness (QED) is 0.427. The van der Waals surface area contributed by atoms with E-state index in [-0.39, 0.29) is 29.0 Å². The summed E-state index contributed by atoms with van der Waals surface area (Å²) in [6.45, 7) is 4.02. The molecule has 168 valence electrons. The third-order valence-corrected chi connectivity index (χ3v) is 5.37. The summed E-state index contributed by atoms with van der Waals surface area (Å²) in [6.07, 6.45) is -2.94. The number of piperazine rings is 1. The number of alkyl halides is 3. The topological polar surface area (TPSA) is 101 Å². The van der Waals surface area contributed by atoms with E-state index in [4.69, 9.17) is 4.52 Å². The number of nitrogens with zero attached hydrogens (tertiary/aromatic N) is 6. The molecule has 2 aromatic heterocycles. The highest BCUT2D eigenvalue weighted by Gasteiger charge is 2.32. The maximum Gasteiger partial charge on any atom is 0.416 e. The molecule has 0 saturated carbocycles. The van der Waals surface area contributed by atoms with Crippen molar-refractivity contribution in [2.75, 3.05) is 31.1 Å². The Balaban J connectivity index is 1.44. The standard InChI is InChI=1S/C20H19F3N6O3/c1-13(19-25-17(26-32-19)14-4-2-5-15(12-14)20(21,22)23)27-8-10-28(11-9-27)18-16(29(30)31)6-3-7-24-18/h2-7,12-13H,8-11H2,1H3/t13-/m0/s1. The van der Waals surface area contributed by atoms with E-state index in [1.54, 1.807) is 0 Å². The predicted molar refractivity (Wildman–Crippen MR) is 108 cm³/mol. The summed E-state index contributed by atoms with van der Waals surface area (Å²) in [5.74, 6) is 0.699. The molecule has 1 aliphatic heterocycles. The average molecular weight is 448 g/mol. The molecule has 0 unspecified atom stereocenters. The lowest BCUT2D eigenvalue weighted by Gasteiger charge is -2.37. The zero-order chi connectivity index (χ0) is 22.9. The van der Waals surface area contributed by atoms with Gasteiger partial charge in [-0.15, -0.1) is 0 Å². The van der Waals surface area contributed by atoms with E-state index in [1.807, 2.05) is 11.8 Å². The fraction of sp³-hybridized carbons (Fsp3) is 0.350. The third-order valence-electron chi connectivity index (χ3n) is 5.37. The Labute approximate surface area is 180 Å². The number of benzene rings is 1. The lowest BCUT2D eigenvalue weighted by molar-refractivity contribution is -0.384. The average Bonchev–Trinajstić information content (AvgIpc) is 3.28.